The van der Waals surface area contributed by atoms with E-state index in [0.717, 1.165) is 75.3 Å². The maximum absolute atomic E-state index is 5.70. The Labute approximate surface area is 244 Å². The Balaban J connectivity index is 1.50. The van der Waals surface area contributed by atoms with E-state index in [1.165, 1.54) is 0 Å². The summed E-state index contributed by atoms with van der Waals surface area (Å²) in [6, 6.07) is 29.0. The number of benzene rings is 3. The van der Waals surface area contributed by atoms with E-state index in [9.17, 15) is 0 Å². The number of nitrogens with one attached hydrogen (secondary N) is 1. The van der Waals surface area contributed by atoms with Crippen molar-refractivity contribution in [3.05, 3.63) is 102 Å². The van der Waals surface area contributed by atoms with Crippen molar-refractivity contribution in [3.63, 3.8) is 0 Å². The zero-order chi connectivity index (χ0) is 28.9. The summed E-state index contributed by atoms with van der Waals surface area (Å²) in [6.07, 6.45) is 2.33. The number of fused-ring (bicyclic) bond motifs is 1. The average Bonchev–Trinajstić information content (AvgIpc) is 3.70. The number of ether oxygens (including phenoxy) is 2. The van der Waals surface area contributed by atoms with E-state index >= 15 is 0 Å². The van der Waals surface area contributed by atoms with Crippen LogP contribution in [0.15, 0.2) is 84.9 Å². The quantitative estimate of drug-likeness (QED) is 0.178. The molecule has 0 amide bonds. The van der Waals surface area contributed by atoms with Crippen LogP contribution in [0.1, 0.15) is 43.1 Å². The van der Waals surface area contributed by atoms with Crippen molar-refractivity contribution in [2.45, 2.75) is 39.0 Å². The van der Waals surface area contributed by atoms with Gasteiger partial charge in [-0.1, -0.05) is 86.1 Å². The van der Waals surface area contributed by atoms with Crippen molar-refractivity contribution in [2.24, 2.45) is 0 Å². The van der Waals surface area contributed by atoms with Crippen LogP contribution >= 0.6 is 0 Å². The van der Waals surface area contributed by atoms with E-state index in [-0.39, 0.29) is 0 Å². The Morgan fingerprint density at radius 1 is 0.810 bits per heavy atom. The summed E-state index contributed by atoms with van der Waals surface area (Å²) in [6.45, 7) is 2.78. The van der Waals surface area contributed by atoms with E-state index in [2.05, 4.69) is 80.6 Å². The van der Waals surface area contributed by atoms with E-state index in [1.54, 1.807) is 14.2 Å². The normalized spacial score (nSPS) is 11.5. The molecular formula is C33H33N7O2. The summed E-state index contributed by atoms with van der Waals surface area (Å²) in [5.74, 6) is 1.62. The highest BCUT2D eigenvalue weighted by molar-refractivity contribution is 5.82. The molecule has 0 unspecified atom stereocenters. The summed E-state index contributed by atoms with van der Waals surface area (Å²) < 4.78 is 13.6. The molecule has 0 aliphatic heterocycles. The summed E-state index contributed by atoms with van der Waals surface area (Å²) in [5, 5.41) is 14.8. The zero-order valence-corrected chi connectivity index (χ0v) is 24.0. The highest BCUT2D eigenvalue weighted by Crippen LogP contribution is 2.34. The molecule has 42 heavy (non-hydrogen) atoms. The molecule has 9 heteroatoms. The van der Waals surface area contributed by atoms with Crippen molar-refractivity contribution in [3.8, 4) is 33.6 Å². The predicted octanol–water partition coefficient (Wildman–Crippen LogP) is 6.63. The van der Waals surface area contributed by atoms with Crippen LogP contribution in [-0.4, -0.2) is 49.4 Å². The lowest BCUT2D eigenvalue weighted by atomic mass is 9.97. The molecule has 0 spiro atoms. The molecule has 6 aromatic rings. The molecule has 0 saturated carbocycles. The lowest BCUT2D eigenvalue weighted by Crippen LogP contribution is -2.11. The van der Waals surface area contributed by atoms with E-state index in [4.69, 9.17) is 19.4 Å². The van der Waals surface area contributed by atoms with Crippen LogP contribution in [0.25, 0.3) is 44.8 Å². The van der Waals surface area contributed by atoms with Crippen molar-refractivity contribution in [2.75, 3.05) is 14.2 Å². The maximum Gasteiger partial charge on any atom is 0.201 e. The number of imidazole rings is 1. The van der Waals surface area contributed by atoms with Crippen LogP contribution in [0.3, 0.4) is 0 Å². The second-order valence-corrected chi connectivity index (χ2v) is 10.1. The highest BCUT2D eigenvalue weighted by Gasteiger charge is 2.22. The van der Waals surface area contributed by atoms with E-state index in [0.29, 0.717) is 12.4 Å². The molecule has 3 aromatic carbocycles. The van der Waals surface area contributed by atoms with Gasteiger partial charge in [0.1, 0.15) is 17.0 Å². The first-order valence-electron chi connectivity index (χ1n) is 14.1. The number of nitrogens with zero attached hydrogens (tertiary/aromatic N) is 6. The largest absolute Gasteiger partial charge is 0.350 e. The van der Waals surface area contributed by atoms with Gasteiger partial charge < -0.3 is 14.0 Å². The van der Waals surface area contributed by atoms with Gasteiger partial charge in [-0.25, -0.2) is 15.1 Å². The Kier molecular flexibility index (Phi) is 8.12. The monoisotopic (exact) mass is 559 g/mol. The van der Waals surface area contributed by atoms with Crippen LogP contribution in [0.5, 0.6) is 0 Å². The molecule has 0 bridgehead atoms. The number of hydrogen-bond acceptors (Lipinski definition) is 7. The van der Waals surface area contributed by atoms with Gasteiger partial charge in [-0.05, 0) is 51.2 Å². The van der Waals surface area contributed by atoms with Gasteiger partial charge in [0.25, 0.3) is 0 Å². The van der Waals surface area contributed by atoms with E-state index < -0.39 is 6.29 Å². The van der Waals surface area contributed by atoms with Crippen LogP contribution in [-0.2, 0) is 22.4 Å². The number of H-pyrrole nitrogens is 1. The number of pyridine rings is 1. The Morgan fingerprint density at radius 3 is 2.17 bits per heavy atom. The molecule has 0 saturated heterocycles. The number of hydrogen-bond donors (Lipinski definition) is 1. The molecule has 6 rings (SSSR count). The molecule has 3 heterocycles. The van der Waals surface area contributed by atoms with Gasteiger partial charge in [0.15, 0.2) is 11.5 Å². The van der Waals surface area contributed by atoms with Gasteiger partial charge in [-0.15, -0.1) is 5.10 Å². The molecule has 3 aromatic heterocycles. The van der Waals surface area contributed by atoms with Gasteiger partial charge in [0.05, 0.1) is 6.54 Å². The van der Waals surface area contributed by atoms with Crippen molar-refractivity contribution >= 4 is 11.2 Å². The van der Waals surface area contributed by atoms with Gasteiger partial charge in [0.2, 0.25) is 6.29 Å². The number of rotatable bonds is 11. The second kappa shape index (κ2) is 12.4. The number of aromatic nitrogens is 7. The SMILES string of the molecule is CCCCc1nc2cc(-c3ccccc3)c(C(OC)OC)nc2n1Cc1ccc(-c2ccccc2)c(-c2nnn[nH]2)c1. The van der Waals surface area contributed by atoms with Crippen LogP contribution in [0, 0.1) is 0 Å². The molecule has 1 N–H and O–H groups in total. The van der Waals surface area contributed by atoms with Crippen LogP contribution < -0.4 is 0 Å². The lowest BCUT2D eigenvalue weighted by Gasteiger charge is -2.18. The molecule has 9 nitrogen and oxygen atoms in total. The molecule has 0 aliphatic carbocycles. The van der Waals surface area contributed by atoms with Gasteiger partial charge in [0, 0.05) is 31.8 Å². The zero-order valence-electron chi connectivity index (χ0n) is 24.0. The van der Waals surface area contributed by atoms with Crippen molar-refractivity contribution in [1.29, 1.82) is 0 Å². The molecule has 0 fully saturated rings. The van der Waals surface area contributed by atoms with Gasteiger partial charge in [-0.3, -0.25) is 0 Å². The summed E-state index contributed by atoms with van der Waals surface area (Å²) in [7, 11) is 3.26. The number of aromatic amines is 1. The minimum absolute atomic E-state index is 0.584. The van der Waals surface area contributed by atoms with Gasteiger partial charge >= 0.3 is 0 Å². The fourth-order valence-electron chi connectivity index (χ4n) is 5.36. The van der Waals surface area contributed by atoms with Crippen molar-refractivity contribution in [1.82, 2.24) is 35.2 Å². The number of unbranched alkanes of at least 4 members (excludes halogenated alkanes) is 1. The first-order chi connectivity index (χ1) is 20.7. The first-order valence-corrected chi connectivity index (χ1v) is 14.1. The standard InChI is InChI=1S/C33H33N7O2/c1-4-5-16-29-34-28-20-26(24-14-10-7-11-15-24)30(33(41-2)42-3)35-32(28)40(29)21-22-17-18-25(23-12-8-6-9-13-23)27(19-22)31-36-38-39-37-31/h6-15,17-20,33H,4-5,16,21H2,1-3H3,(H,36,37,38,39). The average molecular weight is 560 g/mol. The fraction of sp³-hybridized carbons (Fsp3) is 0.242. The lowest BCUT2D eigenvalue weighted by molar-refractivity contribution is -0.108. The third kappa shape index (κ3) is 5.44. The number of methoxy groups -OCH3 is 2. The van der Waals surface area contributed by atoms with Gasteiger partial charge in [-0.2, -0.15) is 0 Å². The molecule has 0 radical (unpaired) electrons. The highest BCUT2D eigenvalue weighted by atomic mass is 16.7. The van der Waals surface area contributed by atoms with Crippen LogP contribution in [0.4, 0.5) is 0 Å². The smallest absolute Gasteiger partial charge is 0.201 e. The minimum Gasteiger partial charge on any atom is -0.350 e. The summed E-state index contributed by atoms with van der Waals surface area (Å²) in [4.78, 5) is 10.3. The topological polar surface area (TPSA) is 104 Å². The Morgan fingerprint density at radius 2 is 1.52 bits per heavy atom. The molecular weight excluding hydrogens is 526 g/mol. The Bertz CT molecular complexity index is 1760. The molecule has 0 aliphatic rings. The number of tetrazole rings is 1. The summed E-state index contributed by atoms with van der Waals surface area (Å²) >= 11 is 0. The van der Waals surface area contributed by atoms with Crippen LogP contribution in [0.2, 0.25) is 0 Å². The van der Waals surface area contributed by atoms with Crippen molar-refractivity contribution < 1.29 is 9.47 Å². The number of aryl methyl sites for hydroxylation is 1. The first kappa shape index (κ1) is 27.4. The molecule has 212 valence electrons. The third-order valence-corrected chi connectivity index (χ3v) is 7.43. The summed E-state index contributed by atoms with van der Waals surface area (Å²) in [5.41, 5.74) is 8.50. The fourth-order valence-corrected chi connectivity index (χ4v) is 5.36. The van der Waals surface area contributed by atoms with E-state index in [1.807, 2.05) is 36.4 Å². The predicted molar refractivity (Wildman–Crippen MR) is 162 cm³/mol. The molecule has 0 atom stereocenters. The maximum atomic E-state index is 5.70. The minimum atomic E-state index is -0.622. The second-order valence-electron chi connectivity index (χ2n) is 10.1. The third-order valence-electron chi connectivity index (χ3n) is 7.43. The Hall–Kier alpha value is -4.73.